The van der Waals surface area contributed by atoms with Gasteiger partial charge in [-0.15, -0.1) is 6.58 Å². The molecule has 1 saturated heterocycles. The van der Waals surface area contributed by atoms with Gasteiger partial charge >= 0.3 is 0 Å². The zero-order chi connectivity index (χ0) is 13.0. The van der Waals surface area contributed by atoms with Crippen LogP contribution in [0.1, 0.15) is 23.6 Å². The molecule has 0 amide bonds. The molecule has 1 aliphatic rings. The van der Waals surface area contributed by atoms with Crippen molar-refractivity contribution < 1.29 is 4.39 Å². The molecular weight excluding hydrogens is 227 g/mol. The quantitative estimate of drug-likeness (QED) is 0.824. The van der Waals surface area contributed by atoms with Gasteiger partial charge in [-0.25, -0.2) is 4.39 Å². The highest BCUT2D eigenvalue weighted by Gasteiger charge is 2.23. The first-order valence-electron chi connectivity index (χ1n) is 6.54. The highest BCUT2D eigenvalue weighted by Crippen LogP contribution is 2.28. The van der Waals surface area contributed by atoms with E-state index in [-0.39, 0.29) is 11.9 Å². The lowest BCUT2D eigenvalue weighted by molar-refractivity contribution is 0.171. The summed E-state index contributed by atoms with van der Waals surface area (Å²) < 4.78 is 14.0. The summed E-state index contributed by atoms with van der Waals surface area (Å²) in [5, 5.41) is 3.33. The molecule has 1 aromatic carbocycles. The van der Waals surface area contributed by atoms with E-state index in [0.717, 1.165) is 43.7 Å². The van der Waals surface area contributed by atoms with Crippen molar-refractivity contribution in [3.63, 3.8) is 0 Å². The summed E-state index contributed by atoms with van der Waals surface area (Å²) in [5.41, 5.74) is 1.91. The minimum absolute atomic E-state index is 0.106. The number of nitrogens with zero attached hydrogens (tertiary/aromatic N) is 1. The smallest absolute Gasteiger partial charge is 0.128 e. The molecule has 18 heavy (non-hydrogen) atoms. The zero-order valence-corrected chi connectivity index (χ0v) is 11.0. The Morgan fingerprint density at radius 3 is 2.83 bits per heavy atom. The highest BCUT2D eigenvalue weighted by molar-refractivity contribution is 5.27. The number of hydrogen-bond acceptors (Lipinski definition) is 2. The molecule has 3 heteroatoms. The number of benzene rings is 1. The van der Waals surface area contributed by atoms with Crippen molar-refractivity contribution in [1.82, 2.24) is 10.2 Å². The molecule has 0 bridgehead atoms. The van der Waals surface area contributed by atoms with Crippen molar-refractivity contribution in [2.24, 2.45) is 0 Å². The third-order valence-electron chi connectivity index (χ3n) is 3.49. The Labute approximate surface area is 108 Å². The van der Waals surface area contributed by atoms with E-state index in [1.165, 1.54) is 0 Å². The maximum Gasteiger partial charge on any atom is 0.128 e. The molecule has 0 unspecified atom stereocenters. The topological polar surface area (TPSA) is 15.3 Å². The molecule has 98 valence electrons. The maximum atomic E-state index is 14.0. The van der Waals surface area contributed by atoms with Crippen LogP contribution in [0.15, 0.2) is 30.9 Å². The van der Waals surface area contributed by atoms with E-state index in [0.29, 0.717) is 0 Å². The molecular formula is C15H21FN2. The van der Waals surface area contributed by atoms with E-state index in [2.05, 4.69) is 16.8 Å². The second kappa shape index (κ2) is 6.12. The van der Waals surface area contributed by atoms with Crippen LogP contribution in [-0.4, -0.2) is 31.1 Å². The third-order valence-corrected chi connectivity index (χ3v) is 3.49. The van der Waals surface area contributed by atoms with E-state index < -0.39 is 0 Å². The number of piperazine rings is 1. The second-order valence-electron chi connectivity index (χ2n) is 4.85. The predicted octanol–water partition coefficient (Wildman–Crippen LogP) is 2.66. The van der Waals surface area contributed by atoms with Crippen molar-refractivity contribution in [2.75, 3.05) is 26.2 Å². The Kier molecular flexibility index (Phi) is 4.50. The summed E-state index contributed by atoms with van der Waals surface area (Å²) in [6.45, 7) is 9.69. The SMILES string of the molecule is C=CC[C@@H](c1cc(C)ccc1F)N1CCNCC1. The summed E-state index contributed by atoms with van der Waals surface area (Å²) >= 11 is 0. The minimum atomic E-state index is -0.106. The lowest BCUT2D eigenvalue weighted by Gasteiger charge is -2.35. The van der Waals surface area contributed by atoms with Crippen molar-refractivity contribution in [2.45, 2.75) is 19.4 Å². The number of rotatable bonds is 4. The first kappa shape index (κ1) is 13.2. The fourth-order valence-corrected chi connectivity index (χ4v) is 2.54. The van der Waals surface area contributed by atoms with Crippen LogP contribution in [0, 0.1) is 12.7 Å². The van der Waals surface area contributed by atoms with Gasteiger partial charge < -0.3 is 5.32 Å². The van der Waals surface area contributed by atoms with Gasteiger partial charge in [-0.05, 0) is 19.4 Å². The lowest BCUT2D eigenvalue weighted by Crippen LogP contribution is -2.45. The van der Waals surface area contributed by atoms with E-state index in [1.807, 2.05) is 25.1 Å². The summed E-state index contributed by atoms with van der Waals surface area (Å²) in [6.07, 6.45) is 2.68. The van der Waals surface area contributed by atoms with Crippen molar-refractivity contribution >= 4 is 0 Å². The van der Waals surface area contributed by atoms with Gasteiger partial charge in [-0.3, -0.25) is 4.90 Å². The lowest BCUT2D eigenvalue weighted by atomic mass is 9.98. The molecule has 0 saturated carbocycles. The van der Waals surface area contributed by atoms with Gasteiger partial charge in [0, 0.05) is 37.8 Å². The Hall–Kier alpha value is -1.19. The van der Waals surface area contributed by atoms with Crippen molar-refractivity contribution in [3.8, 4) is 0 Å². The van der Waals surface area contributed by atoms with Gasteiger partial charge in [0.2, 0.25) is 0 Å². The molecule has 1 aromatic rings. The molecule has 0 radical (unpaired) electrons. The predicted molar refractivity (Wildman–Crippen MR) is 73.1 cm³/mol. The van der Waals surface area contributed by atoms with Gasteiger partial charge in [0.15, 0.2) is 0 Å². The molecule has 1 fully saturated rings. The molecule has 0 spiro atoms. The van der Waals surface area contributed by atoms with Gasteiger partial charge in [0.05, 0.1) is 0 Å². The Morgan fingerprint density at radius 2 is 2.17 bits per heavy atom. The average molecular weight is 248 g/mol. The van der Waals surface area contributed by atoms with Crippen LogP contribution in [0.4, 0.5) is 4.39 Å². The minimum Gasteiger partial charge on any atom is -0.314 e. The first-order valence-corrected chi connectivity index (χ1v) is 6.54. The Bertz CT molecular complexity index is 411. The van der Waals surface area contributed by atoms with Crippen LogP contribution < -0.4 is 5.32 Å². The molecule has 1 aliphatic heterocycles. The molecule has 1 N–H and O–H groups in total. The Balaban J connectivity index is 2.27. The standard InChI is InChI=1S/C15H21FN2/c1-3-4-15(18-9-7-17-8-10-18)13-11-12(2)5-6-14(13)16/h3,5-6,11,15,17H,1,4,7-10H2,2H3/t15-/m0/s1. The number of hydrogen-bond donors (Lipinski definition) is 1. The fourth-order valence-electron chi connectivity index (χ4n) is 2.54. The molecule has 2 rings (SSSR count). The molecule has 0 aliphatic carbocycles. The maximum absolute atomic E-state index is 14.0. The molecule has 0 aromatic heterocycles. The van der Waals surface area contributed by atoms with Gasteiger partial charge in [-0.2, -0.15) is 0 Å². The molecule has 1 heterocycles. The van der Waals surface area contributed by atoms with Crippen molar-refractivity contribution in [1.29, 1.82) is 0 Å². The number of halogens is 1. The van der Waals surface area contributed by atoms with Crippen LogP contribution in [0.25, 0.3) is 0 Å². The largest absolute Gasteiger partial charge is 0.314 e. The third kappa shape index (κ3) is 2.98. The summed E-state index contributed by atoms with van der Waals surface area (Å²) in [6, 6.07) is 5.47. The van der Waals surface area contributed by atoms with Gasteiger partial charge in [0.25, 0.3) is 0 Å². The van der Waals surface area contributed by atoms with Crippen molar-refractivity contribution in [3.05, 3.63) is 47.8 Å². The summed E-state index contributed by atoms with van der Waals surface area (Å²) in [5.74, 6) is -0.106. The number of nitrogens with one attached hydrogen (secondary N) is 1. The van der Waals surface area contributed by atoms with Crippen LogP contribution >= 0.6 is 0 Å². The zero-order valence-electron chi connectivity index (χ0n) is 11.0. The van der Waals surface area contributed by atoms with Crippen LogP contribution in [0.5, 0.6) is 0 Å². The monoisotopic (exact) mass is 248 g/mol. The van der Waals surface area contributed by atoms with E-state index in [1.54, 1.807) is 6.07 Å². The van der Waals surface area contributed by atoms with E-state index in [9.17, 15) is 4.39 Å². The van der Waals surface area contributed by atoms with Crippen LogP contribution in [-0.2, 0) is 0 Å². The number of aryl methyl sites for hydroxylation is 1. The second-order valence-corrected chi connectivity index (χ2v) is 4.85. The first-order chi connectivity index (χ1) is 8.72. The van der Waals surface area contributed by atoms with Crippen LogP contribution in [0.3, 0.4) is 0 Å². The Morgan fingerprint density at radius 1 is 1.44 bits per heavy atom. The normalized spacial score (nSPS) is 18.6. The average Bonchev–Trinajstić information content (AvgIpc) is 2.40. The van der Waals surface area contributed by atoms with Gasteiger partial charge in [0.1, 0.15) is 5.82 Å². The van der Waals surface area contributed by atoms with E-state index in [4.69, 9.17) is 0 Å². The highest BCUT2D eigenvalue weighted by atomic mass is 19.1. The summed E-state index contributed by atoms with van der Waals surface area (Å²) in [4.78, 5) is 2.34. The summed E-state index contributed by atoms with van der Waals surface area (Å²) in [7, 11) is 0. The van der Waals surface area contributed by atoms with Crippen LogP contribution in [0.2, 0.25) is 0 Å². The molecule has 1 atom stereocenters. The van der Waals surface area contributed by atoms with Gasteiger partial charge in [-0.1, -0.05) is 23.8 Å². The van der Waals surface area contributed by atoms with E-state index >= 15 is 0 Å². The fraction of sp³-hybridized carbons (Fsp3) is 0.467. The molecule has 2 nitrogen and oxygen atoms in total.